The molecule has 2 aliphatic rings. The van der Waals surface area contributed by atoms with Gasteiger partial charge in [-0.25, -0.2) is 8.78 Å². The highest BCUT2D eigenvalue weighted by atomic mass is 19.2. The Labute approximate surface area is 98.0 Å². The average Bonchev–Trinajstić information content (AvgIpc) is 2.93. The van der Waals surface area contributed by atoms with Gasteiger partial charge in [0.05, 0.1) is 0 Å². The molecule has 3 unspecified atom stereocenters. The highest BCUT2D eigenvalue weighted by Crippen LogP contribution is 2.35. The van der Waals surface area contributed by atoms with Gasteiger partial charge >= 0.3 is 0 Å². The SMILES string of the molecule is O=C(c1ccc(F)c(F)c1)C1CC2CCC1N2. The van der Waals surface area contributed by atoms with Crippen molar-refractivity contribution < 1.29 is 13.6 Å². The number of carbonyl (C=O) groups excluding carboxylic acids is 1. The largest absolute Gasteiger partial charge is 0.310 e. The second-order valence-electron chi connectivity index (χ2n) is 4.88. The zero-order valence-corrected chi connectivity index (χ0v) is 9.25. The average molecular weight is 237 g/mol. The molecular formula is C13H13F2NO. The topological polar surface area (TPSA) is 29.1 Å². The van der Waals surface area contributed by atoms with E-state index in [9.17, 15) is 13.6 Å². The Bertz CT molecular complexity index is 474. The van der Waals surface area contributed by atoms with Crippen LogP contribution in [0.15, 0.2) is 18.2 Å². The molecule has 90 valence electrons. The zero-order chi connectivity index (χ0) is 12.0. The fourth-order valence-electron chi connectivity index (χ4n) is 2.98. The van der Waals surface area contributed by atoms with Crippen LogP contribution in [0.5, 0.6) is 0 Å². The van der Waals surface area contributed by atoms with Gasteiger partial charge in [-0.2, -0.15) is 0 Å². The maximum absolute atomic E-state index is 13.1. The predicted molar refractivity (Wildman–Crippen MR) is 58.7 cm³/mol. The van der Waals surface area contributed by atoms with Gasteiger partial charge in [0.1, 0.15) is 0 Å². The molecule has 2 bridgehead atoms. The van der Waals surface area contributed by atoms with Gasteiger partial charge in [-0.3, -0.25) is 4.79 Å². The van der Waals surface area contributed by atoms with Crippen molar-refractivity contribution in [3.63, 3.8) is 0 Å². The predicted octanol–water partition coefficient (Wildman–Crippen LogP) is 2.29. The van der Waals surface area contributed by atoms with Gasteiger partial charge in [-0.15, -0.1) is 0 Å². The summed E-state index contributed by atoms with van der Waals surface area (Å²) in [6, 6.07) is 4.04. The van der Waals surface area contributed by atoms with Gasteiger partial charge in [-0.05, 0) is 37.5 Å². The fraction of sp³-hybridized carbons (Fsp3) is 0.462. The van der Waals surface area contributed by atoms with Crippen LogP contribution >= 0.6 is 0 Å². The molecule has 3 rings (SSSR count). The van der Waals surface area contributed by atoms with E-state index in [-0.39, 0.29) is 23.3 Å². The quantitative estimate of drug-likeness (QED) is 0.799. The number of benzene rings is 1. The standard InChI is InChI=1S/C13H13F2NO/c14-10-3-1-7(5-11(10)15)13(17)9-6-8-2-4-12(9)16-8/h1,3,5,8-9,12,16H,2,4,6H2. The van der Waals surface area contributed by atoms with Crippen molar-refractivity contribution in [3.05, 3.63) is 35.4 Å². The molecule has 0 radical (unpaired) electrons. The Morgan fingerprint density at radius 3 is 2.65 bits per heavy atom. The molecule has 2 nitrogen and oxygen atoms in total. The molecule has 2 saturated heterocycles. The Hall–Kier alpha value is -1.29. The molecule has 0 spiro atoms. The maximum Gasteiger partial charge on any atom is 0.167 e. The molecular weight excluding hydrogens is 224 g/mol. The molecule has 1 aromatic carbocycles. The lowest BCUT2D eigenvalue weighted by Crippen LogP contribution is -2.28. The summed E-state index contributed by atoms with van der Waals surface area (Å²) in [4.78, 5) is 12.2. The molecule has 2 heterocycles. The number of hydrogen-bond acceptors (Lipinski definition) is 2. The first kappa shape index (κ1) is 10.8. The van der Waals surface area contributed by atoms with E-state index in [4.69, 9.17) is 0 Å². The summed E-state index contributed by atoms with van der Waals surface area (Å²) in [5, 5.41) is 3.37. The van der Waals surface area contributed by atoms with Crippen LogP contribution < -0.4 is 5.32 Å². The summed E-state index contributed by atoms with van der Waals surface area (Å²) in [5.74, 6) is -2.00. The van der Waals surface area contributed by atoms with E-state index in [1.165, 1.54) is 6.07 Å². The van der Waals surface area contributed by atoms with E-state index in [1.54, 1.807) is 0 Å². The van der Waals surface area contributed by atoms with Crippen molar-refractivity contribution in [2.24, 2.45) is 5.92 Å². The van der Waals surface area contributed by atoms with Crippen LogP contribution in [-0.4, -0.2) is 17.9 Å². The number of halogens is 2. The lowest BCUT2D eigenvalue weighted by atomic mass is 9.84. The number of rotatable bonds is 2. The molecule has 4 heteroatoms. The third-order valence-corrected chi connectivity index (χ3v) is 3.84. The van der Waals surface area contributed by atoms with E-state index < -0.39 is 11.6 Å². The second kappa shape index (κ2) is 3.88. The second-order valence-corrected chi connectivity index (χ2v) is 4.88. The van der Waals surface area contributed by atoms with Crippen molar-refractivity contribution >= 4 is 5.78 Å². The van der Waals surface area contributed by atoms with Gasteiger partial charge in [0, 0.05) is 23.6 Å². The third-order valence-electron chi connectivity index (χ3n) is 3.84. The van der Waals surface area contributed by atoms with Crippen molar-refractivity contribution in [1.29, 1.82) is 0 Å². The Morgan fingerprint density at radius 1 is 1.24 bits per heavy atom. The first-order chi connectivity index (χ1) is 8.15. The third kappa shape index (κ3) is 1.76. The lowest BCUT2D eigenvalue weighted by Gasteiger charge is -2.18. The van der Waals surface area contributed by atoms with Crippen LogP contribution in [0.25, 0.3) is 0 Å². The number of nitrogens with one attached hydrogen (secondary N) is 1. The van der Waals surface area contributed by atoms with Crippen molar-refractivity contribution in [2.75, 3.05) is 0 Å². The van der Waals surface area contributed by atoms with Gasteiger partial charge < -0.3 is 5.32 Å². The zero-order valence-electron chi connectivity index (χ0n) is 9.25. The minimum atomic E-state index is -0.952. The molecule has 1 N–H and O–H groups in total. The Balaban J connectivity index is 1.84. The minimum absolute atomic E-state index is 0.0661. The van der Waals surface area contributed by atoms with E-state index in [2.05, 4.69) is 5.32 Å². The number of fused-ring (bicyclic) bond motifs is 2. The van der Waals surface area contributed by atoms with Crippen LogP contribution in [0, 0.1) is 17.6 Å². The van der Waals surface area contributed by atoms with E-state index in [0.29, 0.717) is 6.04 Å². The number of Topliss-reactive ketones (excluding diaryl/α,β-unsaturated/α-hetero) is 1. The van der Waals surface area contributed by atoms with Crippen LogP contribution in [0.2, 0.25) is 0 Å². The summed E-state index contributed by atoms with van der Waals surface area (Å²) in [5.41, 5.74) is 0.281. The summed E-state index contributed by atoms with van der Waals surface area (Å²) >= 11 is 0. The molecule has 0 aliphatic carbocycles. The molecule has 0 aromatic heterocycles. The normalized spacial score (nSPS) is 30.8. The minimum Gasteiger partial charge on any atom is -0.310 e. The summed E-state index contributed by atoms with van der Waals surface area (Å²) < 4.78 is 25.9. The maximum atomic E-state index is 13.1. The van der Waals surface area contributed by atoms with E-state index in [1.807, 2.05) is 0 Å². The molecule has 0 saturated carbocycles. The van der Waals surface area contributed by atoms with Crippen molar-refractivity contribution in [1.82, 2.24) is 5.32 Å². The molecule has 2 aliphatic heterocycles. The summed E-state index contributed by atoms with van der Waals surface area (Å²) in [7, 11) is 0. The number of carbonyl (C=O) groups is 1. The van der Waals surface area contributed by atoms with E-state index >= 15 is 0 Å². The molecule has 0 amide bonds. The highest BCUT2D eigenvalue weighted by molar-refractivity contribution is 5.98. The smallest absolute Gasteiger partial charge is 0.167 e. The van der Waals surface area contributed by atoms with Gasteiger partial charge in [0.2, 0.25) is 0 Å². The molecule has 2 fully saturated rings. The molecule has 3 atom stereocenters. The first-order valence-electron chi connectivity index (χ1n) is 5.90. The highest BCUT2D eigenvalue weighted by Gasteiger charge is 2.42. The van der Waals surface area contributed by atoms with Crippen LogP contribution in [-0.2, 0) is 0 Å². The molecule has 17 heavy (non-hydrogen) atoms. The first-order valence-corrected chi connectivity index (χ1v) is 5.90. The van der Waals surface area contributed by atoms with Gasteiger partial charge in [-0.1, -0.05) is 0 Å². The van der Waals surface area contributed by atoms with Gasteiger partial charge in [0.25, 0.3) is 0 Å². The fourth-order valence-corrected chi connectivity index (χ4v) is 2.98. The molecule has 1 aromatic rings. The Kier molecular flexibility index (Phi) is 2.47. The number of ketones is 1. The van der Waals surface area contributed by atoms with Crippen LogP contribution in [0.1, 0.15) is 29.6 Å². The lowest BCUT2D eigenvalue weighted by molar-refractivity contribution is 0.0900. The van der Waals surface area contributed by atoms with Crippen LogP contribution in [0.4, 0.5) is 8.78 Å². The summed E-state index contributed by atoms with van der Waals surface area (Å²) in [6.45, 7) is 0. The Morgan fingerprint density at radius 2 is 2.06 bits per heavy atom. The number of hydrogen-bond donors (Lipinski definition) is 1. The summed E-state index contributed by atoms with van der Waals surface area (Å²) in [6.07, 6.45) is 2.94. The monoisotopic (exact) mass is 237 g/mol. The van der Waals surface area contributed by atoms with Crippen molar-refractivity contribution in [2.45, 2.75) is 31.3 Å². The van der Waals surface area contributed by atoms with E-state index in [0.717, 1.165) is 31.4 Å². The van der Waals surface area contributed by atoms with Crippen molar-refractivity contribution in [3.8, 4) is 0 Å². The van der Waals surface area contributed by atoms with Crippen LogP contribution in [0.3, 0.4) is 0 Å². The van der Waals surface area contributed by atoms with Gasteiger partial charge in [0.15, 0.2) is 17.4 Å².